The van der Waals surface area contributed by atoms with Gasteiger partial charge in [0.15, 0.2) is 5.82 Å². The molecule has 0 bridgehead atoms. The van der Waals surface area contributed by atoms with Crippen molar-refractivity contribution in [2.75, 3.05) is 0 Å². The van der Waals surface area contributed by atoms with Gasteiger partial charge >= 0.3 is 0 Å². The van der Waals surface area contributed by atoms with Gasteiger partial charge in [-0.2, -0.15) is 0 Å². The van der Waals surface area contributed by atoms with Gasteiger partial charge in [-0.25, -0.2) is 9.97 Å². The molecular formula is C128H126N6. The second kappa shape index (κ2) is 30.3. The van der Waals surface area contributed by atoms with E-state index in [0.29, 0.717) is 5.82 Å². The van der Waals surface area contributed by atoms with Crippen LogP contribution in [0.3, 0.4) is 0 Å². The Morgan fingerprint density at radius 2 is 0.522 bits per heavy atom. The topological polar surface area (TPSA) is 77.3 Å². The third-order valence-electron chi connectivity index (χ3n) is 38.0. The molecule has 134 heavy (non-hydrogen) atoms. The third-order valence-corrected chi connectivity index (χ3v) is 38.0. The standard InChI is InChI=1S/C128H126N6/c1-117(2)102-56-46-78(66-106(102)121(9,10)125(117,17)18)110-60-50-82(71-129-110)88-38-28-29-42-92(88)86-64-98(93-43-33-30-39-89(93)83-51-61-111(130-72-83)79-47-57-103-107(67-79)122(11,12)126(19,20)118(103,3)4)99(65-86)96-54-55-97(114(96)87-75-133-116(134-76-87)77-36-26-25-27-37-77)115-100(94-44-34-31-40-90(94)84-52-62-112(131-73-84)80-48-58-104-108(68-80)123(13,14)127(21,22)119(104,5)6)70-101(115)95-45-35-32-41-91(95)85-53-63-113(132-74-85)81-49-59-105-109(69-81)124(15,16)128(23,24)120(105,7)8/h25-76,96,99H,1-24H3. The summed E-state index contributed by atoms with van der Waals surface area (Å²) in [4.78, 5) is 32.4. The van der Waals surface area contributed by atoms with E-state index in [1.807, 2.05) is 0 Å². The van der Waals surface area contributed by atoms with Crippen molar-refractivity contribution < 1.29 is 0 Å². The first-order valence-electron chi connectivity index (χ1n) is 48.6. The van der Waals surface area contributed by atoms with E-state index in [1.165, 1.54) is 50.1 Å². The molecule has 668 valence electrons. The summed E-state index contributed by atoms with van der Waals surface area (Å²) in [5, 5.41) is 0. The van der Waals surface area contributed by atoms with Gasteiger partial charge in [0.05, 0.1) is 22.8 Å². The minimum Gasteiger partial charge on any atom is -0.256 e. The first kappa shape index (κ1) is 87.7. The van der Waals surface area contributed by atoms with E-state index in [9.17, 15) is 0 Å². The summed E-state index contributed by atoms with van der Waals surface area (Å²) in [5.41, 5.74) is 42.6. The van der Waals surface area contributed by atoms with Crippen molar-refractivity contribution in [1.29, 1.82) is 0 Å². The highest BCUT2D eigenvalue weighted by Crippen LogP contribution is 2.67. The summed E-state index contributed by atoms with van der Waals surface area (Å²) in [6.45, 7) is 58.1. The van der Waals surface area contributed by atoms with Crippen molar-refractivity contribution in [3.63, 3.8) is 0 Å². The molecule has 6 nitrogen and oxygen atoms in total. The Labute approximate surface area is 796 Å². The van der Waals surface area contributed by atoms with Gasteiger partial charge < -0.3 is 0 Å². The Morgan fingerprint density at radius 3 is 0.888 bits per heavy atom. The zero-order valence-electron chi connectivity index (χ0n) is 82.9. The van der Waals surface area contributed by atoms with Gasteiger partial charge in [-0.05, 0) is 248 Å². The maximum absolute atomic E-state index is 5.43. The lowest BCUT2D eigenvalue weighted by Gasteiger charge is -2.44. The van der Waals surface area contributed by atoms with Gasteiger partial charge in [0.2, 0.25) is 0 Å². The van der Waals surface area contributed by atoms with Gasteiger partial charge in [0.25, 0.3) is 0 Å². The van der Waals surface area contributed by atoms with Crippen LogP contribution in [0.15, 0.2) is 327 Å². The lowest BCUT2D eigenvalue weighted by atomic mass is 9.59. The monoisotopic (exact) mass is 1750 g/mol. The van der Waals surface area contributed by atoms with Crippen LogP contribution in [-0.2, 0) is 43.3 Å². The molecule has 0 fully saturated rings. The lowest BCUT2D eigenvalue weighted by Crippen LogP contribution is -2.42. The Kier molecular flexibility index (Phi) is 19.8. The zero-order valence-corrected chi connectivity index (χ0v) is 82.9. The number of aromatic nitrogens is 6. The molecule has 0 aliphatic heterocycles. The first-order valence-corrected chi connectivity index (χ1v) is 48.6. The minimum atomic E-state index is -0.257. The fraction of sp³-hybridized carbons (Fsp3) is 0.297. The molecule has 2 atom stereocenters. The summed E-state index contributed by atoms with van der Waals surface area (Å²) in [6.07, 6.45) is 25.0. The molecule has 2 unspecified atom stereocenters. The molecule has 6 heteroatoms. The predicted octanol–water partition coefficient (Wildman–Crippen LogP) is 32.7. The predicted molar refractivity (Wildman–Crippen MR) is 561 cm³/mol. The molecule has 7 aliphatic carbocycles. The number of benzene rings is 9. The van der Waals surface area contributed by atoms with Crippen molar-refractivity contribution in [2.45, 2.75) is 209 Å². The van der Waals surface area contributed by atoms with Crippen LogP contribution in [0.4, 0.5) is 0 Å². The fourth-order valence-electron chi connectivity index (χ4n) is 24.7. The average Bonchev–Trinajstić information content (AvgIpc) is 1.54. The van der Waals surface area contributed by atoms with E-state index >= 15 is 0 Å². The summed E-state index contributed by atoms with van der Waals surface area (Å²) in [7, 11) is 0. The van der Waals surface area contributed by atoms with E-state index in [0.717, 1.165) is 156 Å². The maximum Gasteiger partial charge on any atom is 0.159 e. The first-order chi connectivity index (χ1) is 63.5. The molecule has 14 aromatic rings. The molecule has 0 radical (unpaired) electrons. The van der Waals surface area contributed by atoms with Crippen molar-refractivity contribution in [3.05, 3.63) is 400 Å². The molecule has 21 rings (SSSR count). The summed E-state index contributed by atoms with van der Waals surface area (Å²) < 4.78 is 0. The highest BCUT2D eigenvalue weighted by molar-refractivity contribution is 6.15. The normalized spacial score (nSPS) is 20.6. The van der Waals surface area contributed by atoms with E-state index in [2.05, 4.69) is 482 Å². The van der Waals surface area contributed by atoms with Gasteiger partial charge in [-0.1, -0.05) is 391 Å². The van der Waals surface area contributed by atoms with Gasteiger partial charge in [-0.3, -0.25) is 19.9 Å². The highest BCUT2D eigenvalue weighted by Gasteiger charge is 2.61. The molecule has 9 aromatic carbocycles. The number of pyridine rings is 4. The number of rotatable bonds is 16. The van der Waals surface area contributed by atoms with Crippen LogP contribution in [0.2, 0.25) is 0 Å². The van der Waals surface area contributed by atoms with Crippen molar-refractivity contribution >= 4 is 27.9 Å². The lowest BCUT2D eigenvalue weighted by molar-refractivity contribution is 0.125. The molecule has 0 amide bonds. The number of hydrogen-bond donors (Lipinski definition) is 0. The molecule has 0 saturated heterocycles. The fourth-order valence-corrected chi connectivity index (χ4v) is 24.7. The van der Waals surface area contributed by atoms with Crippen LogP contribution < -0.4 is 0 Å². The average molecular weight is 1750 g/mol. The molecule has 0 saturated carbocycles. The molecule has 5 heterocycles. The van der Waals surface area contributed by atoms with Crippen LogP contribution >= 0.6 is 0 Å². The maximum atomic E-state index is 5.43. The highest BCUT2D eigenvalue weighted by atomic mass is 14.9. The number of fused-ring (bicyclic) bond motifs is 4. The second-order valence-corrected chi connectivity index (χ2v) is 45.9. The number of allylic oxidation sites excluding steroid dienone is 12. The van der Waals surface area contributed by atoms with Gasteiger partial charge in [0.1, 0.15) is 0 Å². The summed E-state index contributed by atoms with van der Waals surface area (Å²) in [6, 6.07) is 92.7. The number of hydrogen-bond acceptors (Lipinski definition) is 6. The summed E-state index contributed by atoms with van der Waals surface area (Å²) in [5.74, 6) is 0.175. The third kappa shape index (κ3) is 12.7. The molecule has 5 aromatic heterocycles. The van der Waals surface area contributed by atoms with E-state index in [-0.39, 0.29) is 76.8 Å². The van der Waals surface area contributed by atoms with Gasteiger partial charge in [0, 0.05) is 105 Å². The van der Waals surface area contributed by atoms with Crippen LogP contribution in [-0.4, -0.2) is 29.9 Å². The number of nitrogens with zero attached hydrogens (tertiary/aromatic N) is 6. The molecule has 0 N–H and O–H groups in total. The quantitative estimate of drug-likeness (QED) is 0.0959. The van der Waals surface area contributed by atoms with Crippen LogP contribution in [0.25, 0.3) is 129 Å². The smallest absolute Gasteiger partial charge is 0.159 e. The van der Waals surface area contributed by atoms with Crippen molar-refractivity contribution in [1.82, 2.24) is 29.9 Å². The van der Waals surface area contributed by atoms with E-state index in [1.54, 1.807) is 0 Å². The zero-order chi connectivity index (χ0) is 94.1. The largest absolute Gasteiger partial charge is 0.256 e. The van der Waals surface area contributed by atoms with Gasteiger partial charge in [-0.15, -0.1) is 0 Å². The van der Waals surface area contributed by atoms with Crippen LogP contribution in [0.5, 0.6) is 0 Å². The van der Waals surface area contributed by atoms with Crippen LogP contribution in [0.1, 0.15) is 238 Å². The van der Waals surface area contributed by atoms with E-state index in [4.69, 9.17) is 29.9 Å². The Hall–Kier alpha value is -12.9. The van der Waals surface area contributed by atoms with Crippen LogP contribution in [0, 0.1) is 33.5 Å². The molecule has 7 aliphatic rings. The summed E-state index contributed by atoms with van der Waals surface area (Å²) >= 11 is 0. The minimum absolute atomic E-state index is 0.00232. The molecular weight excluding hydrogens is 1620 g/mol. The van der Waals surface area contributed by atoms with Crippen molar-refractivity contribution in [2.24, 2.45) is 33.5 Å². The molecule has 0 spiro atoms. The van der Waals surface area contributed by atoms with E-state index < -0.39 is 0 Å². The second-order valence-electron chi connectivity index (χ2n) is 45.9. The SMILES string of the molecule is CC1(C)c2ccc(-c3ccc(-c4ccccc4C4=CC(C5C=CC(C6=C(c7ccccc7-c7ccc(-c8ccc9c(c8)C(C)(C)C(C)(C)C9(C)C)nc7)C=C6c6ccccc6-c6ccc(-c7ccc8c(c7)C(C)(C)C(C)(C)C8(C)C)nc6)=C5c5cnc(-c6ccccc6)nc5)C(c5ccccc5-c5ccc(-c6ccc7c(c6)C(C)(C)C(C)(C)C7(C)C)nc5)=C4)cn3)cc2C(C)(C)C1(C)C. The Bertz CT molecular complexity index is 7400. The Morgan fingerprint density at radius 1 is 0.224 bits per heavy atom. The van der Waals surface area contributed by atoms with Crippen molar-refractivity contribution in [3.8, 4) is 101 Å². The Balaban J connectivity index is 0.735.